The van der Waals surface area contributed by atoms with Crippen molar-refractivity contribution in [2.75, 3.05) is 17.2 Å². The Morgan fingerprint density at radius 1 is 1.00 bits per heavy atom. The normalized spacial score (nSPS) is 13.1. The summed E-state index contributed by atoms with van der Waals surface area (Å²) >= 11 is 1.42. The fraction of sp³-hybridized carbons (Fsp3) is 0.200. The molecule has 0 bridgehead atoms. The predicted molar refractivity (Wildman–Crippen MR) is 127 cm³/mol. The summed E-state index contributed by atoms with van der Waals surface area (Å²) in [7, 11) is 0. The maximum Gasteiger partial charge on any atom is 0.237 e. The molecule has 0 radical (unpaired) electrons. The van der Waals surface area contributed by atoms with Gasteiger partial charge < -0.3 is 4.90 Å². The Morgan fingerprint density at radius 3 is 2.62 bits per heavy atom. The highest BCUT2D eigenvalue weighted by Gasteiger charge is 2.24. The lowest BCUT2D eigenvalue weighted by molar-refractivity contribution is -0.116. The Bertz CT molecular complexity index is 1250. The van der Waals surface area contributed by atoms with Gasteiger partial charge in [0.05, 0.1) is 11.4 Å². The summed E-state index contributed by atoms with van der Waals surface area (Å²) in [6.07, 6.45) is 5.52. The minimum Gasteiger partial charge on any atom is -0.311 e. The zero-order valence-corrected chi connectivity index (χ0v) is 18.6. The predicted octanol–water partition coefficient (Wildman–Crippen LogP) is 4.71. The summed E-state index contributed by atoms with van der Waals surface area (Å²) in [4.78, 5) is 19.3. The molecule has 0 unspecified atom stereocenters. The van der Waals surface area contributed by atoms with Crippen LogP contribution in [0.25, 0.3) is 17.1 Å². The molecule has 0 atom stereocenters. The molecule has 1 amide bonds. The van der Waals surface area contributed by atoms with Crippen LogP contribution in [0.4, 0.5) is 5.69 Å². The lowest BCUT2D eigenvalue weighted by atomic mass is 10.0. The van der Waals surface area contributed by atoms with Crippen LogP contribution in [0.2, 0.25) is 0 Å². The van der Waals surface area contributed by atoms with Crippen molar-refractivity contribution in [3.05, 3.63) is 84.2 Å². The number of nitrogens with zero attached hydrogens (tertiary/aromatic N) is 5. The second-order valence-electron chi connectivity index (χ2n) is 7.74. The van der Waals surface area contributed by atoms with Crippen LogP contribution < -0.4 is 4.90 Å². The van der Waals surface area contributed by atoms with E-state index in [4.69, 9.17) is 0 Å². The molecular weight excluding hydrogens is 418 g/mol. The monoisotopic (exact) mass is 441 g/mol. The van der Waals surface area contributed by atoms with Crippen molar-refractivity contribution in [1.29, 1.82) is 0 Å². The first-order chi connectivity index (χ1) is 15.7. The van der Waals surface area contributed by atoms with Crippen molar-refractivity contribution in [3.8, 4) is 17.1 Å². The van der Waals surface area contributed by atoms with Gasteiger partial charge in [-0.1, -0.05) is 48.2 Å². The fourth-order valence-corrected chi connectivity index (χ4v) is 4.89. The number of hydrogen-bond donors (Lipinski definition) is 0. The van der Waals surface area contributed by atoms with Crippen molar-refractivity contribution >= 4 is 23.4 Å². The third-order valence-electron chi connectivity index (χ3n) is 5.65. The Hall–Kier alpha value is -3.45. The molecular formula is C25H23N5OS. The molecule has 1 aliphatic rings. The van der Waals surface area contributed by atoms with E-state index >= 15 is 0 Å². The summed E-state index contributed by atoms with van der Waals surface area (Å²) in [5.41, 5.74) is 5.25. The van der Waals surface area contributed by atoms with Crippen molar-refractivity contribution in [1.82, 2.24) is 19.7 Å². The number of hydrogen-bond acceptors (Lipinski definition) is 5. The van der Waals surface area contributed by atoms with Crippen molar-refractivity contribution in [2.45, 2.75) is 24.9 Å². The number of benzene rings is 2. The largest absolute Gasteiger partial charge is 0.311 e. The summed E-state index contributed by atoms with van der Waals surface area (Å²) in [6.45, 7) is 2.81. The SMILES string of the molecule is Cc1ccccc1-n1c(SCC(=O)N2CCCc3ccccc32)nnc1-c1cccnc1. The van der Waals surface area contributed by atoms with Gasteiger partial charge in [0.15, 0.2) is 11.0 Å². The number of pyridine rings is 1. The molecule has 0 saturated heterocycles. The van der Waals surface area contributed by atoms with Gasteiger partial charge in [-0.15, -0.1) is 10.2 Å². The Balaban J connectivity index is 1.45. The van der Waals surface area contributed by atoms with Crippen LogP contribution in [0, 0.1) is 6.92 Å². The number of para-hydroxylation sites is 2. The molecule has 5 rings (SSSR count). The van der Waals surface area contributed by atoms with E-state index in [2.05, 4.69) is 34.2 Å². The van der Waals surface area contributed by atoms with E-state index in [1.54, 1.807) is 12.4 Å². The van der Waals surface area contributed by atoms with Crippen molar-refractivity contribution < 1.29 is 4.79 Å². The molecule has 0 aliphatic carbocycles. The van der Waals surface area contributed by atoms with Crippen molar-refractivity contribution in [2.24, 2.45) is 0 Å². The summed E-state index contributed by atoms with van der Waals surface area (Å²) < 4.78 is 2.02. The van der Waals surface area contributed by atoms with E-state index in [-0.39, 0.29) is 5.91 Å². The summed E-state index contributed by atoms with van der Waals surface area (Å²) in [5.74, 6) is 1.10. The van der Waals surface area contributed by atoms with Gasteiger partial charge in [0.1, 0.15) is 0 Å². The Morgan fingerprint density at radius 2 is 1.81 bits per heavy atom. The van der Waals surface area contributed by atoms with Gasteiger partial charge in [0.25, 0.3) is 0 Å². The van der Waals surface area contributed by atoms with Crippen molar-refractivity contribution in [3.63, 3.8) is 0 Å². The second-order valence-corrected chi connectivity index (χ2v) is 8.68. The van der Waals surface area contributed by atoms with E-state index in [0.29, 0.717) is 16.7 Å². The zero-order chi connectivity index (χ0) is 21.9. The Kier molecular flexibility index (Phi) is 5.73. The topological polar surface area (TPSA) is 63.9 Å². The van der Waals surface area contributed by atoms with Gasteiger partial charge in [0, 0.05) is 30.2 Å². The molecule has 2 aromatic heterocycles. The molecule has 3 heterocycles. The molecule has 6 nitrogen and oxygen atoms in total. The maximum absolute atomic E-state index is 13.2. The van der Waals surface area contributed by atoms with Crippen LogP contribution in [0.15, 0.2) is 78.2 Å². The highest BCUT2D eigenvalue weighted by atomic mass is 32.2. The summed E-state index contributed by atoms with van der Waals surface area (Å²) in [5, 5.41) is 9.60. The van der Waals surface area contributed by atoms with Gasteiger partial charge in [-0.2, -0.15) is 0 Å². The van der Waals surface area contributed by atoms with E-state index < -0.39 is 0 Å². The number of thioether (sulfide) groups is 1. The molecule has 1 aliphatic heterocycles. The van der Waals surface area contributed by atoms with E-state index in [1.807, 2.05) is 58.0 Å². The number of carbonyl (C=O) groups excluding carboxylic acids is 1. The number of aromatic nitrogens is 4. The van der Waals surface area contributed by atoms with Crippen LogP contribution in [0.5, 0.6) is 0 Å². The van der Waals surface area contributed by atoms with E-state index in [0.717, 1.165) is 41.9 Å². The molecule has 32 heavy (non-hydrogen) atoms. The quantitative estimate of drug-likeness (QED) is 0.420. The second kappa shape index (κ2) is 8.96. The lowest BCUT2D eigenvalue weighted by Gasteiger charge is -2.29. The van der Waals surface area contributed by atoms with Gasteiger partial charge in [-0.25, -0.2) is 0 Å². The Labute approximate surface area is 191 Å². The maximum atomic E-state index is 13.2. The number of carbonyl (C=O) groups is 1. The highest BCUT2D eigenvalue weighted by Crippen LogP contribution is 2.31. The van der Waals surface area contributed by atoms with E-state index in [9.17, 15) is 4.79 Å². The van der Waals surface area contributed by atoms with E-state index in [1.165, 1.54) is 17.3 Å². The summed E-state index contributed by atoms with van der Waals surface area (Å²) in [6, 6.07) is 20.1. The number of fused-ring (bicyclic) bond motifs is 1. The third kappa shape index (κ3) is 3.91. The fourth-order valence-electron chi connectivity index (χ4n) is 4.07. The molecule has 0 spiro atoms. The number of rotatable bonds is 5. The van der Waals surface area contributed by atoms with Crippen LogP contribution in [-0.4, -0.2) is 38.0 Å². The third-order valence-corrected chi connectivity index (χ3v) is 6.56. The molecule has 2 aromatic carbocycles. The molecule has 0 saturated carbocycles. The van der Waals surface area contributed by atoms with Gasteiger partial charge >= 0.3 is 0 Å². The van der Waals surface area contributed by atoms with Gasteiger partial charge in [0.2, 0.25) is 5.91 Å². The first-order valence-corrected chi connectivity index (χ1v) is 11.6. The van der Waals surface area contributed by atoms with Crippen LogP contribution in [0.1, 0.15) is 17.5 Å². The minimum atomic E-state index is 0.0874. The molecule has 160 valence electrons. The molecule has 4 aromatic rings. The average Bonchev–Trinajstić information content (AvgIpc) is 3.26. The van der Waals surface area contributed by atoms with Crippen LogP contribution >= 0.6 is 11.8 Å². The number of amides is 1. The van der Waals surface area contributed by atoms with Gasteiger partial charge in [-0.05, 0) is 55.2 Å². The van der Waals surface area contributed by atoms with Gasteiger partial charge in [-0.3, -0.25) is 14.3 Å². The first-order valence-electron chi connectivity index (χ1n) is 10.7. The smallest absolute Gasteiger partial charge is 0.237 e. The standard InChI is InChI=1S/C25H23N5OS/c1-18-8-2-4-12-21(18)30-24(20-10-6-14-26-16-20)27-28-25(30)32-17-23(31)29-15-7-11-19-9-3-5-13-22(19)29/h2-6,8-10,12-14,16H,7,11,15,17H2,1H3. The number of anilines is 1. The molecule has 0 fully saturated rings. The number of aryl methyl sites for hydroxylation is 2. The van der Waals surface area contributed by atoms with Crippen LogP contribution in [0.3, 0.4) is 0 Å². The average molecular weight is 442 g/mol. The van der Waals surface area contributed by atoms with Crippen LogP contribution in [-0.2, 0) is 11.2 Å². The lowest BCUT2D eigenvalue weighted by Crippen LogP contribution is -2.36. The molecule has 7 heteroatoms. The highest BCUT2D eigenvalue weighted by molar-refractivity contribution is 7.99. The zero-order valence-electron chi connectivity index (χ0n) is 17.8. The minimum absolute atomic E-state index is 0.0874. The molecule has 0 N–H and O–H groups in total. The first kappa shape index (κ1) is 20.5.